The Morgan fingerprint density at radius 3 is 2.35 bits per heavy atom. The number of hydrogen-bond donors (Lipinski definition) is 0. The van der Waals surface area contributed by atoms with E-state index in [1.807, 2.05) is 11.3 Å². The second-order valence-electron chi connectivity index (χ2n) is 6.62. The van der Waals surface area contributed by atoms with E-state index in [0.29, 0.717) is 0 Å². The molecular formula is C24H14S2. The molecule has 0 radical (unpaired) electrons. The molecule has 4 aromatic carbocycles. The van der Waals surface area contributed by atoms with E-state index in [9.17, 15) is 0 Å². The molecule has 122 valence electrons. The number of fused-ring (bicyclic) bond motifs is 7. The Balaban J connectivity index is 1.91. The first-order valence-electron chi connectivity index (χ1n) is 8.68. The third-order valence-corrected chi connectivity index (χ3v) is 7.09. The summed E-state index contributed by atoms with van der Waals surface area (Å²) in [5, 5.41) is 12.5. The molecule has 6 aromatic rings. The van der Waals surface area contributed by atoms with Crippen LogP contribution in [-0.4, -0.2) is 0 Å². The van der Waals surface area contributed by atoms with Crippen LogP contribution in [0.15, 0.2) is 83.6 Å². The lowest BCUT2D eigenvalue weighted by Crippen LogP contribution is -1.83. The monoisotopic (exact) mass is 366 g/mol. The van der Waals surface area contributed by atoms with Gasteiger partial charge in [0.05, 0.1) is 0 Å². The Hall–Kier alpha value is -2.68. The van der Waals surface area contributed by atoms with Gasteiger partial charge in [-0.1, -0.05) is 54.6 Å². The predicted octanol–water partition coefficient (Wildman–Crippen LogP) is 8.09. The van der Waals surface area contributed by atoms with Gasteiger partial charge in [-0.3, -0.25) is 0 Å². The smallest absolute Gasteiger partial charge is 0.0440 e. The van der Waals surface area contributed by atoms with Crippen molar-refractivity contribution >= 4 is 64.4 Å². The van der Waals surface area contributed by atoms with Crippen LogP contribution in [-0.2, 0) is 0 Å². The minimum atomic E-state index is 1.31. The molecule has 0 fully saturated rings. The van der Waals surface area contributed by atoms with Gasteiger partial charge in [-0.15, -0.1) is 11.3 Å². The molecular weight excluding hydrogens is 352 g/mol. The molecule has 2 aromatic heterocycles. The fraction of sp³-hybridized carbons (Fsp3) is 0. The van der Waals surface area contributed by atoms with E-state index in [1.54, 1.807) is 11.3 Å². The Kier molecular flexibility index (Phi) is 3.01. The van der Waals surface area contributed by atoms with Crippen LogP contribution in [0.4, 0.5) is 0 Å². The van der Waals surface area contributed by atoms with E-state index in [1.165, 1.54) is 52.8 Å². The van der Waals surface area contributed by atoms with Crippen molar-refractivity contribution in [3.8, 4) is 11.1 Å². The van der Waals surface area contributed by atoms with Gasteiger partial charge >= 0.3 is 0 Å². The molecule has 0 amide bonds. The van der Waals surface area contributed by atoms with E-state index in [0.717, 1.165) is 0 Å². The maximum Gasteiger partial charge on any atom is 0.0440 e. The zero-order valence-electron chi connectivity index (χ0n) is 13.9. The lowest BCUT2D eigenvalue weighted by molar-refractivity contribution is 1.77. The van der Waals surface area contributed by atoms with Crippen molar-refractivity contribution in [1.82, 2.24) is 0 Å². The summed E-state index contributed by atoms with van der Waals surface area (Å²) in [6.07, 6.45) is 0. The highest BCUT2D eigenvalue weighted by atomic mass is 32.1. The zero-order valence-corrected chi connectivity index (χ0v) is 15.5. The first kappa shape index (κ1) is 14.5. The summed E-state index contributed by atoms with van der Waals surface area (Å²) in [4.78, 5) is 0. The molecule has 0 saturated heterocycles. The summed E-state index contributed by atoms with van der Waals surface area (Å²) in [6.45, 7) is 0. The lowest BCUT2D eigenvalue weighted by Gasteiger charge is -2.11. The molecule has 26 heavy (non-hydrogen) atoms. The molecule has 0 aliphatic heterocycles. The maximum atomic E-state index is 2.35. The Labute approximate surface area is 158 Å². The van der Waals surface area contributed by atoms with Gasteiger partial charge in [0.15, 0.2) is 0 Å². The molecule has 0 spiro atoms. The standard InChI is InChI=1S/C24H14S2/c1-2-6-17-15(5-1)13-21(16-11-12-25-14-16)19-9-10-20-18-7-3-4-8-22(18)26-24(20)23(17)19/h1-14H. The van der Waals surface area contributed by atoms with Crippen LogP contribution < -0.4 is 0 Å². The van der Waals surface area contributed by atoms with E-state index in [-0.39, 0.29) is 0 Å². The average Bonchev–Trinajstić information content (AvgIpc) is 3.34. The Bertz CT molecular complexity index is 1420. The highest BCUT2D eigenvalue weighted by Crippen LogP contribution is 2.44. The third kappa shape index (κ3) is 1.94. The van der Waals surface area contributed by atoms with Crippen LogP contribution in [0.2, 0.25) is 0 Å². The number of rotatable bonds is 1. The van der Waals surface area contributed by atoms with Crippen LogP contribution in [0, 0.1) is 0 Å². The van der Waals surface area contributed by atoms with E-state index in [2.05, 4.69) is 83.6 Å². The normalized spacial score (nSPS) is 11.8. The quantitative estimate of drug-likeness (QED) is 0.258. The Morgan fingerprint density at radius 2 is 1.46 bits per heavy atom. The summed E-state index contributed by atoms with van der Waals surface area (Å²) in [7, 11) is 0. The van der Waals surface area contributed by atoms with Crippen molar-refractivity contribution in [1.29, 1.82) is 0 Å². The Morgan fingerprint density at radius 1 is 0.654 bits per heavy atom. The fourth-order valence-corrected chi connectivity index (χ4v) is 5.94. The summed E-state index contributed by atoms with van der Waals surface area (Å²) < 4.78 is 2.76. The molecule has 0 atom stereocenters. The molecule has 0 unspecified atom stereocenters. The second-order valence-corrected chi connectivity index (χ2v) is 8.45. The number of thiophene rings is 2. The van der Waals surface area contributed by atoms with Gasteiger partial charge in [-0.25, -0.2) is 0 Å². The van der Waals surface area contributed by atoms with Gasteiger partial charge < -0.3 is 0 Å². The molecule has 2 heterocycles. The molecule has 6 rings (SSSR count). The van der Waals surface area contributed by atoms with E-state index >= 15 is 0 Å². The first-order valence-corrected chi connectivity index (χ1v) is 10.4. The SMILES string of the molecule is c1ccc2c(c1)cc(-c1ccsc1)c1ccc3c4ccccc4sc3c12. The van der Waals surface area contributed by atoms with Crippen LogP contribution in [0.5, 0.6) is 0 Å². The maximum absolute atomic E-state index is 2.35. The van der Waals surface area contributed by atoms with Crippen LogP contribution in [0.25, 0.3) is 52.8 Å². The van der Waals surface area contributed by atoms with Gasteiger partial charge in [0.25, 0.3) is 0 Å². The molecule has 0 bridgehead atoms. The minimum absolute atomic E-state index is 1.31. The molecule has 0 saturated carbocycles. The van der Waals surface area contributed by atoms with Crippen molar-refractivity contribution in [3.63, 3.8) is 0 Å². The van der Waals surface area contributed by atoms with Crippen molar-refractivity contribution in [2.45, 2.75) is 0 Å². The number of benzene rings is 4. The van der Waals surface area contributed by atoms with E-state index < -0.39 is 0 Å². The summed E-state index contributed by atoms with van der Waals surface area (Å²) in [6, 6.07) is 26.7. The third-order valence-electron chi connectivity index (χ3n) is 5.20. The van der Waals surface area contributed by atoms with Crippen LogP contribution in [0.3, 0.4) is 0 Å². The summed E-state index contributed by atoms with van der Waals surface area (Å²) >= 11 is 3.67. The number of hydrogen-bond acceptors (Lipinski definition) is 2. The van der Waals surface area contributed by atoms with Gasteiger partial charge in [0.2, 0.25) is 0 Å². The molecule has 0 N–H and O–H groups in total. The summed E-state index contributed by atoms with van der Waals surface area (Å²) in [5.41, 5.74) is 2.64. The van der Waals surface area contributed by atoms with E-state index in [4.69, 9.17) is 0 Å². The molecule has 0 aliphatic carbocycles. The molecule has 2 heteroatoms. The van der Waals surface area contributed by atoms with Crippen LogP contribution in [0.1, 0.15) is 0 Å². The minimum Gasteiger partial charge on any atom is -0.152 e. The van der Waals surface area contributed by atoms with Gasteiger partial charge in [0, 0.05) is 25.6 Å². The largest absolute Gasteiger partial charge is 0.152 e. The average molecular weight is 367 g/mol. The lowest BCUT2D eigenvalue weighted by atomic mass is 9.93. The second kappa shape index (κ2) is 5.41. The summed E-state index contributed by atoms with van der Waals surface area (Å²) in [5.74, 6) is 0. The van der Waals surface area contributed by atoms with Crippen LogP contribution >= 0.6 is 22.7 Å². The molecule has 0 nitrogen and oxygen atoms in total. The molecule has 0 aliphatic rings. The topological polar surface area (TPSA) is 0 Å². The zero-order chi connectivity index (χ0) is 17.1. The van der Waals surface area contributed by atoms with Crippen molar-refractivity contribution in [3.05, 3.63) is 83.6 Å². The first-order chi connectivity index (χ1) is 12.9. The van der Waals surface area contributed by atoms with Crippen molar-refractivity contribution in [2.75, 3.05) is 0 Å². The van der Waals surface area contributed by atoms with Gasteiger partial charge in [0.1, 0.15) is 0 Å². The van der Waals surface area contributed by atoms with Crippen molar-refractivity contribution in [2.24, 2.45) is 0 Å². The predicted molar refractivity (Wildman–Crippen MR) is 118 cm³/mol. The fourth-order valence-electron chi connectivity index (χ4n) is 4.02. The van der Waals surface area contributed by atoms with Crippen molar-refractivity contribution < 1.29 is 0 Å². The van der Waals surface area contributed by atoms with Gasteiger partial charge in [-0.05, 0) is 56.2 Å². The highest BCUT2D eigenvalue weighted by molar-refractivity contribution is 7.26. The highest BCUT2D eigenvalue weighted by Gasteiger charge is 2.14. The van der Waals surface area contributed by atoms with Gasteiger partial charge in [-0.2, -0.15) is 11.3 Å².